The molecule has 1 amide bonds. The molecule has 0 saturated carbocycles. The molecular weight excluding hydrogens is 318 g/mol. The second-order valence-electron chi connectivity index (χ2n) is 4.78. The molecule has 0 aliphatic carbocycles. The third kappa shape index (κ3) is 3.89. The Balaban J connectivity index is 2.31. The first-order chi connectivity index (χ1) is 11.1. The maximum absolute atomic E-state index is 12.5. The van der Waals surface area contributed by atoms with Crippen LogP contribution in [0.2, 0.25) is 0 Å². The van der Waals surface area contributed by atoms with Crippen molar-refractivity contribution >= 4 is 34.4 Å². The molecule has 2 N–H and O–H groups in total. The van der Waals surface area contributed by atoms with Crippen molar-refractivity contribution in [2.75, 3.05) is 19.1 Å². The van der Waals surface area contributed by atoms with Gasteiger partial charge < -0.3 is 10.1 Å². The van der Waals surface area contributed by atoms with Crippen molar-refractivity contribution in [2.45, 2.75) is 12.5 Å². The molecule has 1 aromatic carbocycles. The first kappa shape index (κ1) is 17.0. The lowest BCUT2D eigenvalue weighted by atomic mass is 10.1. The van der Waals surface area contributed by atoms with Gasteiger partial charge in [0.05, 0.1) is 12.5 Å². The summed E-state index contributed by atoms with van der Waals surface area (Å²) < 4.78 is 4.71. The SMILES string of the molecule is COC(=O)[C@@H](CCSC)NC(=O)c1n[nH]c(=O)c2ccccc12. The van der Waals surface area contributed by atoms with Crippen LogP contribution in [0.4, 0.5) is 0 Å². The van der Waals surface area contributed by atoms with E-state index in [1.54, 1.807) is 36.0 Å². The molecule has 0 aliphatic rings. The molecule has 0 bridgehead atoms. The van der Waals surface area contributed by atoms with Crippen LogP contribution in [0.1, 0.15) is 16.9 Å². The molecule has 0 spiro atoms. The summed E-state index contributed by atoms with van der Waals surface area (Å²) in [5.74, 6) is -0.352. The number of fused-ring (bicyclic) bond motifs is 1. The quantitative estimate of drug-likeness (QED) is 0.762. The molecule has 8 heteroatoms. The number of carbonyl (C=O) groups is 2. The predicted octanol–water partition coefficient (Wildman–Crippen LogP) is 0.948. The van der Waals surface area contributed by atoms with Gasteiger partial charge in [-0.1, -0.05) is 18.2 Å². The van der Waals surface area contributed by atoms with Crippen molar-refractivity contribution in [1.29, 1.82) is 0 Å². The molecule has 1 aromatic heterocycles. The van der Waals surface area contributed by atoms with Crippen LogP contribution in [-0.2, 0) is 9.53 Å². The van der Waals surface area contributed by atoms with Gasteiger partial charge in [0.1, 0.15) is 6.04 Å². The Kier molecular flexibility index (Phi) is 5.75. The first-order valence-electron chi connectivity index (χ1n) is 6.93. The molecule has 2 rings (SSSR count). The Morgan fingerprint density at radius 2 is 2.04 bits per heavy atom. The Hall–Kier alpha value is -2.35. The van der Waals surface area contributed by atoms with E-state index < -0.39 is 17.9 Å². The number of thioether (sulfide) groups is 1. The minimum Gasteiger partial charge on any atom is -0.467 e. The number of nitrogens with one attached hydrogen (secondary N) is 2. The fourth-order valence-corrected chi connectivity index (χ4v) is 2.61. The molecule has 0 unspecified atom stereocenters. The largest absolute Gasteiger partial charge is 0.467 e. The van der Waals surface area contributed by atoms with E-state index in [0.717, 1.165) is 0 Å². The molecule has 122 valence electrons. The van der Waals surface area contributed by atoms with E-state index in [1.807, 2.05) is 6.26 Å². The zero-order valence-corrected chi connectivity index (χ0v) is 13.6. The highest BCUT2D eigenvalue weighted by Crippen LogP contribution is 2.13. The third-order valence-corrected chi connectivity index (χ3v) is 3.96. The van der Waals surface area contributed by atoms with E-state index in [2.05, 4.69) is 15.5 Å². The van der Waals surface area contributed by atoms with E-state index in [0.29, 0.717) is 22.9 Å². The van der Waals surface area contributed by atoms with E-state index in [4.69, 9.17) is 4.74 Å². The monoisotopic (exact) mass is 335 g/mol. The van der Waals surface area contributed by atoms with Crippen molar-refractivity contribution in [2.24, 2.45) is 0 Å². The molecule has 1 atom stereocenters. The van der Waals surface area contributed by atoms with Crippen LogP contribution in [0, 0.1) is 0 Å². The van der Waals surface area contributed by atoms with Gasteiger partial charge in [0.2, 0.25) is 0 Å². The second kappa shape index (κ2) is 7.77. The summed E-state index contributed by atoms with van der Waals surface area (Å²) in [6.07, 6.45) is 2.36. The number of H-pyrrole nitrogens is 1. The van der Waals surface area contributed by atoms with Gasteiger partial charge in [-0.3, -0.25) is 9.59 Å². The molecule has 0 saturated heterocycles. The molecule has 0 radical (unpaired) electrons. The number of ether oxygens (including phenoxy) is 1. The van der Waals surface area contributed by atoms with Gasteiger partial charge >= 0.3 is 5.97 Å². The zero-order chi connectivity index (χ0) is 16.8. The van der Waals surface area contributed by atoms with Gasteiger partial charge in [0.25, 0.3) is 11.5 Å². The fourth-order valence-electron chi connectivity index (χ4n) is 2.14. The van der Waals surface area contributed by atoms with Crippen LogP contribution in [-0.4, -0.2) is 47.2 Å². The summed E-state index contributed by atoms with van der Waals surface area (Å²) in [5.41, 5.74) is -0.303. The Morgan fingerprint density at radius 3 is 2.70 bits per heavy atom. The maximum atomic E-state index is 12.5. The minimum absolute atomic E-state index is 0.0678. The lowest BCUT2D eigenvalue weighted by Crippen LogP contribution is -2.42. The third-order valence-electron chi connectivity index (χ3n) is 3.31. The summed E-state index contributed by atoms with van der Waals surface area (Å²) >= 11 is 1.56. The topological polar surface area (TPSA) is 101 Å². The van der Waals surface area contributed by atoms with Crippen molar-refractivity contribution in [3.63, 3.8) is 0 Å². The number of amides is 1. The summed E-state index contributed by atoms with van der Waals surface area (Å²) in [6.45, 7) is 0. The molecule has 0 fully saturated rings. The highest BCUT2D eigenvalue weighted by atomic mass is 32.2. The van der Waals surface area contributed by atoms with E-state index >= 15 is 0 Å². The number of methoxy groups -OCH3 is 1. The normalized spacial score (nSPS) is 11.9. The highest BCUT2D eigenvalue weighted by molar-refractivity contribution is 7.98. The second-order valence-corrected chi connectivity index (χ2v) is 5.76. The van der Waals surface area contributed by atoms with Gasteiger partial charge in [0, 0.05) is 5.39 Å². The molecule has 23 heavy (non-hydrogen) atoms. The summed E-state index contributed by atoms with van der Waals surface area (Å²) in [4.78, 5) is 36.0. The molecule has 0 aliphatic heterocycles. The minimum atomic E-state index is -0.757. The number of rotatable bonds is 6. The lowest BCUT2D eigenvalue weighted by molar-refractivity contribution is -0.142. The van der Waals surface area contributed by atoms with Crippen molar-refractivity contribution in [1.82, 2.24) is 15.5 Å². The van der Waals surface area contributed by atoms with Gasteiger partial charge in [-0.05, 0) is 24.5 Å². The standard InChI is InChI=1S/C15H17N3O4S/c1-22-15(21)11(7-8-23-2)16-14(20)12-9-5-3-4-6-10(9)13(19)18-17-12/h3-6,11H,7-8H2,1-2H3,(H,16,20)(H,18,19)/t11-/m1/s1. The Morgan fingerprint density at radius 1 is 1.35 bits per heavy atom. The number of nitrogens with zero attached hydrogens (tertiary/aromatic N) is 1. The molecular formula is C15H17N3O4S. The zero-order valence-electron chi connectivity index (χ0n) is 12.8. The van der Waals surface area contributed by atoms with Crippen LogP contribution in [0.25, 0.3) is 10.8 Å². The average molecular weight is 335 g/mol. The van der Waals surface area contributed by atoms with Gasteiger partial charge in [0.15, 0.2) is 5.69 Å². The van der Waals surface area contributed by atoms with E-state index in [-0.39, 0.29) is 11.3 Å². The highest BCUT2D eigenvalue weighted by Gasteiger charge is 2.23. The summed E-state index contributed by atoms with van der Waals surface area (Å²) in [6, 6.07) is 5.91. The maximum Gasteiger partial charge on any atom is 0.328 e. The Labute approximate surface area is 136 Å². The van der Waals surface area contributed by atoms with Gasteiger partial charge in [-0.2, -0.15) is 16.9 Å². The van der Waals surface area contributed by atoms with Gasteiger partial charge in [-0.15, -0.1) is 0 Å². The van der Waals surface area contributed by atoms with Crippen LogP contribution in [0.15, 0.2) is 29.1 Å². The predicted molar refractivity (Wildman–Crippen MR) is 88.6 cm³/mol. The van der Waals surface area contributed by atoms with Crippen molar-refractivity contribution in [3.8, 4) is 0 Å². The van der Waals surface area contributed by atoms with Crippen LogP contribution in [0.3, 0.4) is 0 Å². The molecule has 7 nitrogen and oxygen atoms in total. The van der Waals surface area contributed by atoms with Crippen LogP contribution >= 0.6 is 11.8 Å². The van der Waals surface area contributed by atoms with Crippen LogP contribution < -0.4 is 10.9 Å². The fraction of sp³-hybridized carbons (Fsp3) is 0.333. The smallest absolute Gasteiger partial charge is 0.328 e. The number of carbonyl (C=O) groups excluding carboxylic acids is 2. The summed E-state index contributed by atoms with van der Waals surface area (Å²) in [7, 11) is 1.27. The number of aromatic nitrogens is 2. The average Bonchev–Trinajstić information content (AvgIpc) is 2.58. The molecule has 1 heterocycles. The number of esters is 1. The number of hydrogen-bond acceptors (Lipinski definition) is 6. The lowest BCUT2D eigenvalue weighted by Gasteiger charge is -2.16. The number of benzene rings is 1. The van der Waals surface area contributed by atoms with Crippen molar-refractivity contribution in [3.05, 3.63) is 40.3 Å². The Bertz CT molecular complexity index is 775. The summed E-state index contributed by atoms with van der Waals surface area (Å²) in [5, 5.41) is 9.53. The van der Waals surface area contributed by atoms with Gasteiger partial charge in [-0.25, -0.2) is 9.89 Å². The van der Waals surface area contributed by atoms with Crippen LogP contribution in [0.5, 0.6) is 0 Å². The molecule has 2 aromatic rings. The van der Waals surface area contributed by atoms with E-state index in [1.165, 1.54) is 7.11 Å². The first-order valence-corrected chi connectivity index (χ1v) is 8.33. The van der Waals surface area contributed by atoms with E-state index in [9.17, 15) is 14.4 Å². The number of hydrogen-bond donors (Lipinski definition) is 2. The number of aromatic amines is 1. The van der Waals surface area contributed by atoms with Crippen molar-refractivity contribution < 1.29 is 14.3 Å².